The maximum Gasteiger partial charge on any atom is 0.306 e. The van der Waals surface area contributed by atoms with Crippen LogP contribution in [0.3, 0.4) is 0 Å². The predicted octanol–water partition coefficient (Wildman–Crippen LogP) is 0.731. The van der Waals surface area contributed by atoms with Gasteiger partial charge in [0, 0.05) is 18.5 Å². The van der Waals surface area contributed by atoms with E-state index >= 15 is 0 Å². The summed E-state index contributed by atoms with van der Waals surface area (Å²) >= 11 is 0. The summed E-state index contributed by atoms with van der Waals surface area (Å²) in [5, 5.41) is 11.8. The fourth-order valence-corrected chi connectivity index (χ4v) is 2.26. The van der Waals surface area contributed by atoms with Crippen LogP contribution in [0.1, 0.15) is 39.0 Å². The monoisotopic (exact) mass is 242 g/mol. The molecule has 1 amide bonds. The van der Waals surface area contributed by atoms with Crippen molar-refractivity contribution in [3.05, 3.63) is 0 Å². The molecule has 0 bridgehead atoms. The summed E-state index contributed by atoms with van der Waals surface area (Å²) in [6, 6.07) is 0.124. The van der Waals surface area contributed by atoms with Crippen molar-refractivity contribution >= 4 is 11.9 Å². The van der Waals surface area contributed by atoms with Crippen LogP contribution in [0.15, 0.2) is 0 Å². The standard InChI is InChI=1S/C12H22N2O3/c1-2-8(7-13)11(15)14-10-5-3-9(4-6-10)12(16)17/h8-10H,2-7,13H2,1H3,(H,14,15)(H,16,17). The van der Waals surface area contributed by atoms with Crippen LogP contribution in [0.2, 0.25) is 0 Å². The van der Waals surface area contributed by atoms with Gasteiger partial charge in [-0.3, -0.25) is 9.59 Å². The number of nitrogens with one attached hydrogen (secondary N) is 1. The second-order valence-corrected chi connectivity index (χ2v) is 4.74. The lowest BCUT2D eigenvalue weighted by Crippen LogP contribution is -2.43. The quantitative estimate of drug-likeness (QED) is 0.662. The number of nitrogens with two attached hydrogens (primary N) is 1. The molecule has 0 saturated heterocycles. The Hall–Kier alpha value is -1.10. The third-order valence-corrected chi connectivity index (χ3v) is 3.57. The minimum atomic E-state index is -0.719. The van der Waals surface area contributed by atoms with Crippen molar-refractivity contribution in [2.24, 2.45) is 17.6 Å². The first-order chi connectivity index (χ1) is 8.08. The van der Waals surface area contributed by atoms with Gasteiger partial charge < -0.3 is 16.2 Å². The zero-order chi connectivity index (χ0) is 12.8. The van der Waals surface area contributed by atoms with Gasteiger partial charge in [0.25, 0.3) is 0 Å². The molecule has 0 aromatic carbocycles. The largest absolute Gasteiger partial charge is 0.481 e. The summed E-state index contributed by atoms with van der Waals surface area (Å²) in [7, 11) is 0. The average Bonchev–Trinajstić information content (AvgIpc) is 2.31. The predicted molar refractivity (Wildman–Crippen MR) is 64.4 cm³/mol. The van der Waals surface area contributed by atoms with Crippen molar-refractivity contribution in [2.75, 3.05) is 6.54 Å². The molecule has 0 aromatic heterocycles. The lowest BCUT2D eigenvalue weighted by atomic mass is 9.86. The molecule has 1 unspecified atom stereocenters. The summed E-state index contributed by atoms with van der Waals surface area (Å²) in [6.45, 7) is 2.31. The number of hydrogen-bond acceptors (Lipinski definition) is 3. The van der Waals surface area contributed by atoms with E-state index in [2.05, 4.69) is 5.32 Å². The van der Waals surface area contributed by atoms with Crippen molar-refractivity contribution < 1.29 is 14.7 Å². The number of amides is 1. The van der Waals surface area contributed by atoms with Gasteiger partial charge in [0.2, 0.25) is 5.91 Å². The Morgan fingerprint density at radius 3 is 2.35 bits per heavy atom. The van der Waals surface area contributed by atoms with E-state index < -0.39 is 5.97 Å². The van der Waals surface area contributed by atoms with Crippen molar-refractivity contribution in [2.45, 2.75) is 45.1 Å². The number of aliphatic carboxylic acids is 1. The second-order valence-electron chi connectivity index (χ2n) is 4.74. The van der Waals surface area contributed by atoms with E-state index in [-0.39, 0.29) is 23.8 Å². The SMILES string of the molecule is CCC(CN)C(=O)NC1CCC(C(=O)O)CC1. The van der Waals surface area contributed by atoms with Crippen molar-refractivity contribution in [1.82, 2.24) is 5.32 Å². The van der Waals surface area contributed by atoms with Crippen molar-refractivity contribution in [3.63, 3.8) is 0 Å². The molecule has 5 heteroatoms. The van der Waals surface area contributed by atoms with E-state index in [1.165, 1.54) is 0 Å². The average molecular weight is 242 g/mol. The van der Waals surface area contributed by atoms with E-state index in [9.17, 15) is 9.59 Å². The van der Waals surface area contributed by atoms with Crippen molar-refractivity contribution in [1.29, 1.82) is 0 Å². The van der Waals surface area contributed by atoms with Gasteiger partial charge in [0.15, 0.2) is 0 Å². The Balaban J connectivity index is 2.35. The van der Waals surface area contributed by atoms with Gasteiger partial charge in [-0.15, -0.1) is 0 Å². The fourth-order valence-electron chi connectivity index (χ4n) is 2.26. The highest BCUT2D eigenvalue weighted by atomic mass is 16.4. The van der Waals surface area contributed by atoms with Gasteiger partial charge in [-0.1, -0.05) is 6.92 Å². The Kier molecular flexibility index (Phi) is 5.41. The van der Waals surface area contributed by atoms with E-state index in [0.717, 1.165) is 19.3 Å². The maximum absolute atomic E-state index is 11.8. The molecule has 1 aliphatic carbocycles. The number of carboxylic acid groups (broad SMARTS) is 1. The molecule has 1 fully saturated rings. The van der Waals surface area contributed by atoms with Crippen molar-refractivity contribution in [3.8, 4) is 0 Å². The zero-order valence-electron chi connectivity index (χ0n) is 10.3. The second kappa shape index (κ2) is 6.59. The molecule has 0 aliphatic heterocycles. The van der Waals surface area contributed by atoms with Crippen LogP contribution in [0, 0.1) is 11.8 Å². The van der Waals surface area contributed by atoms with Crippen LogP contribution in [0.25, 0.3) is 0 Å². The van der Waals surface area contributed by atoms with Gasteiger partial charge in [-0.25, -0.2) is 0 Å². The van der Waals surface area contributed by atoms with Crippen LogP contribution in [0.5, 0.6) is 0 Å². The van der Waals surface area contributed by atoms with Gasteiger partial charge in [0.05, 0.1) is 5.92 Å². The third kappa shape index (κ3) is 4.00. The first kappa shape index (κ1) is 14.0. The highest BCUT2D eigenvalue weighted by molar-refractivity contribution is 5.79. The topological polar surface area (TPSA) is 92.4 Å². The van der Waals surface area contributed by atoms with Gasteiger partial charge >= 0.3 is 5.97 Å². The van der Waals surface area contributed by atoms with Gasteiger partial charge in [-0.2, -0.15) is 0 Å². The number of carbonyl (C=O) groups excluding carboxylic acids is 1. The Bertz CT molecular complexity index is 269. The highest BCUT2D eigenvalue weighted by Gasteiger charge is 2.27. The van der Waals surface area contributed by atoms with E-state index in [4.69, 9.17) is 10.8 Å². The smallest absolute Gasteiger partial charge is 0.306 e. The van der Waals surface area contributed by atoms with Crippen LogP contribution >= 0.6 is 0 Å². The molecule has 1 atom stereocenters. The molecule has 0 radical (unpaired) electrons. The zero-order valence-corrected chi connectivity index (χ0v) is 10.3. The van der Waals surface area contributed by atoms with Gasteiger partial charge in [0.1, 0.15) is 0 Å². The molecule has 1 rings (SSSR count). The Labute approximate surface area is 102 Å². The summed E-state index contributed by atoms with van der Waals surface area (Å²) in [6.07, 6.45) is 3.56. The van der Waals surface area contributed by atoms with Crippen LogP contribution in [-0.4, -0.2) is 29.6 Å². The number of carboxylic acids is 1. The minimum absolute atomic E-state index is 0.00813. The summed E-state index contributed by atoms with van der Waals surface area (Å²) in [4.78, 5) is 22.6. The molecule has 5 nitrogen and oxygen atoms in total. The molecule has 98 valence electrons. The molecule has 0 spiro atoms. The minimum Gasteiger partial charge on any atom is -0.481 e. The molecule has 1 aliphatic rings. The Morgan fingerprint density at radius 2 is 1.94 bits per heavy atom. The number of rotatable bonds is 5. The first-order valence-electron chi connectivity index (χ1n) is 6.31. The number of hydrogen-bond donors (Lipinski definition) is 3. The van der Waals surface area contributed by atoms with Crippen LogP contribution in [-0.2, 0) is 9.59 Å². The normalized spacial score (nSPS) is 26.2. The fraction of sp³-hybridized carbons (Fsp3) is 0.833. The summed E-state index contributed by atoms with van der Waals surface area (Å²) in [5.74, 6) is -1.07. The molecule has 0 heterocycles. The summed E-state index contributed by atoms with van der Waals surface area (Å²) in [5.41, 5.74) is 5.51. The molecular formula is C12H22N2O3. The van der Waals surface area contributed by atoms with Crippen LogP contribution in [0.4, 0.5) is 0 Å². The molecule has 4 N–H and O–H groups in total. The highest BCUT2D eigenvalue weighted by Crippen LogP contribution is 2.24. The lowest BCUT2D eigenvalue weighted by Gasteiger charge is -2.28. The van der Waals surface area contributed by atoms with E-state index in [1.54, 1.807) is 0 Å². The first-order valence-corrected chi connectivity index (χ1v) is 6.31. The molecular weight excluding hydrogens is 220 g/mol. The molecule has 17 heavy (non-hydrogen) atoms. The third-order valence-electron chi connectivity index (χ3n) is 3.57. The molecule has 1 saturated carbocycles. The van der Waals surface area contributed by atoms with E-state index in [0.29, 0.717) is 19.4 Å². The lowest BCUT2D eigenvalue weighted by molar-refractivity contribution is -0.142. The maximum atomic E-state index is 11.8. The molecule has 0 aromatic rings. The summed E-state index contributed by atoms with van der Waals surface area (Å²) < 4.78 is 0. The van der Waals surface area contributed by atoms with E-state index in [1.807, 2.05) is 6.92 Å². The van der Waals surface area contributed by atoms with Crippen LogP contribution < -0.4 is 11.1 Å². The number of carbonyl (C=O) groups is 2. The Morgan fingerprint density at radius 1 is 1.35 bits per heavy atom. The van der Waals surface area contributed by atoms with Gasteiger partial charge in [-0.05, 0) is 32.1 Å².